The molecule has 0 radical (unpaired) electrons. The van der Waals surface area contributed by atoms with Crippen molar-refractivity contribution in [2.45, 2.75) is 0 Å². The largest absolute Gasteiger partial charge is 0.426 e. The molecule has 1 unspecified atom stereocenters. The van der Waals surface area contributed by atoms with Crippen molar-refractivity contribution in [1.29, 1.82) is 0 Å². The second kappa shape index (κ2) is 5.72. The van der Waals surface area contributed by atoms with E-state index in [2.05, 4.69) is 20.9 Å². The molecule has 2 aromatic carbocycles. The lowest BCUT2D eigenvalue weighted by Crippen LogP contribution is -2.59. The van der Waals surface area contributed by atoms with Crippen molar-refractivity contribution in [3.63, 3.8) is 0 Å². The zero-order valence-electron chi connectivity index (χ0n) is 12.5. The van der Waals surface area contributed by atoms with E-state index < -0.39 is 10.5 Å². The van der Waals surface area contributed by atoms with E-state index in [4.69, 9.17) is 5.73 Å². The Bertz CT molecular complexity index is 830. The number of quaternary nitrogens is 1. The SMILES string of the molecule is C[N+]1(C(N)=O)C(=O)CN=C(c2ccc(Br)cc2)c2ccccc21. The maximum Gasteiger partial charge on any atom is 0.426 e. The number of carbonyl (C=O) groups is 2. The van der Waals surface area contributed by atoms with Crippen LogP contribution in [-0.2, 0) is 4.79 Å². The second-order valence-corrected chi connectivity index (χ2v) is 6.34. The molecule has 0 bridgehead atoms. The van der Waals surface area contributed by atoms with Gasteiger partial charge in [-0.25, -0.2) is 9.59 Å². The summed E-state index contributed by atoms with van der Waals surface area (Å²) in [5, 5.41) is 0. The average molecular weight is 373 g/mol. The normalized spacial score (nSPS) is 20.4. The maximum atomic E-state index is 12.5. The number of hydrogen-bond donors (Lipinski definition) is 1. The van der Waals surface area contributed by atoms with E-state index in [1.165, 1.54) is 7.05 Å². The number of rotatable bonds is 1. The van der Waals surface area contributed by atoms with E-state index in [1.807, 2.05) is 36.4 Å². The Morgan fingerprint density at radius 1 is 1.17 bits per heavy atom. The van der Waals surface area contributed by atoms with E-state index in [-0.39, 0.29) is 12.5 Å². The first-order valence-corrected chi connectivity index (χ1v) is 7.84. The van der Waals surface area contributed by atoms with Gasteiger partial charge in [0.25, 0.3) is 0 Å². The molecule has 1 atom stereocenters. The Morgan fingerprint density at radius 3 is 2.48 bits per heavy atom. The highest BCUT2D eigenvalue weighted by molar-refractivity contribution is 9.10. The van der Waals surface area contributed by atoms with Crippen molar-refractivity contribution in [1.82, 2.24) is 4.48 Å². The number of carbonyl (C=O) groups excluding carboxylic acids is 2. The van der Waals surface area contributed by atoms with Crippen LogP contribution in [0.1, 0.15) is 11.1 Å². The van der Waals surface area contributed by atoms with Gasteiger partial charge in [0.05, 0.1) is 18.3 Å². The van der Waals surface area contributed by atoms with E-state index >= 15 is 0 Å². The molecule has 0 saturated carbocycles. The highest BCUT2D eigenvalue weighted by atomic mass is 79.9. The van der Waals surface area contributed by atoms with E-state index in [0.717, 1.165) is 15.6 Å². The van der Waals surface area contributed by atoms with Gasteiger partial charge in [-0.3, -0.25) is 4.99 Å². The number of amides is 3. The number of benzene rings is 2. The third kappa shape index (κ3) is 2.50. The predicted molar refractivity (Wildman–Crippen MR) is 93.4 cm³/mol. The molecule has 0 saturated heterocycles. The molecule has 1 aliphatic rings. The fourth-order valence-electron chi connectivity index (χ4n) is 2.67. The van der Waals surface area contributed by atoms with Gasteiger partial charge in [-0.1, -0.05) is 40.2 Å². The fourth-order valence-corrected chi connectivity index (χ4v) is 2.93. The third-order valence-corrected chi connectivity index (χ3v) is 4.60. The van der Waals surface area contributed by atoms with Gasteiger partial charge in [0.2, 0.25) is 0 Å². The van der Waals surface area contributed by atoms with Crippen LogP contribution in [0.2, 0.25) is 0 Å². The van der Waals surface area contributed by atoms with E-state index in [9.17, 15) is 9.59 Å². The first-order valence-electron chi connectivity index (χ1n) is 7.05. The van der Waals surface area contributed by atoms with Crippen LogP contribution in [0.5, 0.6) is 0 Å². The third-order valence-electron chi connectivity index (χ3n) is 4.07. The molecular formula is C17H15BrN3O2+. The van der Waals surface area contributed by atoms with Crippen LogP contribution in [0.15, 0.2) is 58.0 Å². The number of nitrogens with two attached hydrogens (primary N) is 1. The van der Waals surface area contributed by atoms with Crippen LogP contribution in [0.4, 0.5) is 10.5 Å². The maximum absolute atomic E-state index is 12.5. The lowest BCUT2D eigenvalue weighted by atomic mass is 9.99. The first-order chi connectivity index (χ1) is 10.9. The molecular weight excluding hydrogens is 358 g/mol. The average Bonchev–Trinajstić information content (AvgIpc) is 2.66. The van der Waals surface area contributed by atoms with Crippen LogP contribution >= 0.6 is 15.9 Å². The summed E-state index contributed by atoms with van der Waals surface area (Å²) in [6, 6.07) is 14.2. The van der Waals surface area contributed by atoms with Crippen LogP contribution < -0.4 is 10.2 Å². The molecule has 0 fully saturated rings. The van der Waals surface area contributed by atoms with Crippen LogP contribution in [0.3, 0.4) is 0 Å². The zero-order valence-corrected chi connectivity index (χ0v) is 14.1. The summed E-state index contributed by atoms with van der Waals surface area (Å²) in [6.45, 7) is -0.0977. The lowest BCUT2D eigenvalue weighted by Gasteiger charge is -2.26. The van der Waals surface area contributed by atoms with Crippen molar-refractivity contribution >= 4 is 39.3 Å². The Balaban J connectivity index is 2.25. The Kier molecular flexibility index (Phi) is 3.87. The van der Waals surface area contributed by atoms with Gasteiger partial charge in [0, 0.05) is 16.1 Å². The van der Waals surface area contributed by atoms with Gasteiger partial charge >= 0.3 is 11.9 Å². The molecule has 1 aliphatic heterocycles. The summed E-state index contributed by atoms with van der Waals surface area (Å²) < 4.78 is 0.372. The van der Waals surface area contributed by atoms with Gasteiger partial charge in [0.1, 0.15) is 0 Å². The number of halogens is 1. The Morgan fingerprint density at radius 2 is 1.83 bits per heavy atom. The number of fused-ring (bicyclic) bond motifs is 1. The number of nitrogens with zero attached hydrogens (tertiary/aromatic N) is 2. The summed E-state index contributed by atoms with van der Waals surface area (Å²) in [4.78, 5) is 29.0. The van der Waals surface area contributed by atoms with Gasteiger partial charge in [-0.15, -0.1) is 4.48 Å². The number of primary amides is 1. The zero-order chi connectivity index (χ0) is 16.6. The molecule has 0 spiro atoms. The van der Waals surface area contributed by atoms with Gasteiger partial charge in [0.15, 0.2) is 12.2 Å². The number of hydrogen-bond acceptors (Lipinski definition) is 3. The standard InChI is InChI=1S/C17H14BrN3O2/c1-21(17(19)23)14-5-3-2-4-13(14)16(20-10-15(21)22)11-6-8-12(18)9-7-11/h2-9H,10H2,1H3,(H-,19,23)/p+1. The van der Waals surface area contributed by atoms with Crippen molar-refractivity contribution in [3.8, 4) is 0 Å². The Hall–Kier alpha value is -2.31. The minimum absolute atomic E-state index is 0.0977. The number of likely N-dealkylation sites (N-methyl/N-ethyl adjacent to an activating group) is 1. The first kappa shape index (κ1) is 15.6. The number of benzodiazepines with no additional fused rings is 1. The van der Waals surface area contributed by atoms with Gasteiger partial charge in [-0.2, -0.15) is 0 Å². The minimum Gasteiger partial charge on any atom is -0.318 e. The Labute approximate surface area is 142 Å². The number of urea groups is 1. The van der Waals surface area contributed by atoms with E-state index in [1.54, 1.807) is 12.1 Å². The molecule has 116 valence electrons. The molecule has 5 nitrogen and oxygen atoms in total. The molecule has 0 aromatic heterocycles. The summed E-state index contributed by atoms with van der Waals surface area (Å²) in [5.74, 6) is -0.350. The highest BCUT2D eigenvalue weighted by Crippen LogP contribution is 2.31. The highest BCUT2D eigenvalue weighted by Gasteiger charge is 2.44. The van der Waals surface area contributed by atoms with Crippen LogP contribution in [0, 0.1) is 0 Å². The number of para-hydroxylation sites is 1. The molecule has 3 rings (SSSR count). The number of imide groups is 1. The number of aliphatic imine (C=N–C) groups is 1. The van der Waals surface area contributed by atoms with Crippen molar-refractivity contribution in [2.24, 2.45) is 10.7 Å². The molecule has 0 aliphatic carbocycles. The van der Waals surface area contributed by atoms with Gasteiger partial charge in [-0.05, 0) is 18.2 Å². The quantitative estimate of drug-likeness (QED) is 0.781. The molecule has 6 heteroatoms. The predicted octanol–water partition coefficient (Wildman–Crippen LogP) is 2.84. The lowest BCUT2D eigenvalue weighted by molar-refractivity contribution is -0.125. The minimum atomic E-state index is -0.713. The summed E-state index contributed by atoms with van der Waals surface area (Å²) in [6.07, 6.45) is 0. The van der Waals surface area contributed by atoms with Crippen molar-refractivity contribution in [3.05, 3.63) is 64.1 Å². The van der Waals surface area contributed by atoms with Gasteiger partial charge < -0.3 is 5.73 Å². The fraction of sp³-hybridized carbons (Fsp3) is 0.118. The summed E-state index contributed by atoms with van der Waals surface area (Å²) in [5.41, 5.74) is 8.38. The van der Waals surface area contributed by atoms with E-state index in [0.29, 0.717) is 11.4 Å². The van der Waals surface area contributed by atoms with Crippen molar-refractivity contribution in [2.75, 3.05) is 13.6 Å². The monoisotopic (exact) mass is 372 g/mol. The van der Waals surface area contributed by atoms with Crippen molar-refractivity contribution < 1.29 is 9.59 Å². The second-order valence-electron chi connectivity index (χ2n) is 5.43. The molecule has 1 heterocycles. The molecule has 2 N–H and O–H groups in total. The summed E-state index contributed by atoms with van der Waals surface area (Å²) in [7, 11) is 1.52. The van der Waals surface area contributed by atoms with Crippen LogP contribution in [-0.4, -0.2) is 31.2 Å². The molecule has 23 heavy (non-hydrogen) atoms. The van der Waals surface area contributed by atoms with Crippen LogP contribution in [0.25, 0.3) is 0 Å². The topological polar surface area (TPSA) is 72.5 Å². The molecule has 3 amide bonds. The summed E-state index contributed by atoms with van der Waals surface area (Å²) >= 11 is 3.41. The smallest absolute Gasteiger partial charge is 0.318 e. The molecule has 2 aromatic rings.